The van der Waals surface area contributed by atoms with E-state index in [9.17, 15) is 4.79 Å². The lowest BCUT2D eigenvalue weighted by atomic mass is 9.64. The number of hydrogen-bond donors (Lipinski definition) is 0. The van der Waals surface area contributed by atoms with Gasteiger partial charge in [-0.05, 0) is 53.2 Å². The molecule has 3 aliphatic rings. The van der Waals surface area contributed by atoms with Gasteiger partial charge in [0.15, 0.2) is 5.78 Å². The molecule has 3 unspecified atom stereocenters. The predicted molar refractivity (Wildman–Crippen MR) is 92.3 cm³/mol. The summed E-state index contributed by atoms with van der Waals surface area (Å²) >= 11 is 0. The summed E-state index contributed by atoms with van der Waals surface area (Å²) in [6.45, 7) is 0. The van der Waals surface area contributed by atoms with Gasteiger partial charge in [0, 0.05) is 12.0 Å². The van der Waals surface area contributed by atoms with Gasteiger partial charge in [-0.1, -0.05) is 60.7 Å². The smallest absolute Gasteiger partial charge is 0.163 e. The molecule has 5 rings (SSSR count). The first-order valence-corrected chi connectivity index (χ1v) is 8.63. The number of hydrogen-bond acceptors (Lipinski definition) is 1. The third kappa shape index (κ3) is 1.96. The van der Waals surface area contributed by atoms with Crippen molar-refractivity contribution < 1.29 is 4.79 Å². The summed E-state index contributed by atoms with van der Waals surface area (Å²) in [4.78, 5) is 12.7. The highest BCUT2D eigenvalue weighted by Crippen LogP contribution is 2.57. The molecule has 0 aromatic heterocycles. The van der Waals surface area contributed by atoms with Crippen LogP contribution in [0.5, 0.6) is 0 Å². The van der Waals surface area contributed by atoms with Crippen LogP contribution < -0.4 is 0 Å². The summed E-state index contributed by atoms with van der Waals surface area (Å²) in [7, 11) is 0. The summed E-state index contributed by atoms with van der Waals surface area (Å²) in [5, 5.41) is 0. The highest BCUT2D eigenvalue weighted by molar-refractivity contribution is 5.99. The van der Waals surface area contributed by atoms with E-state index in [2.05, 4.69) is 54.6 Å². The van der Waals surface area contributed by atoms with E-state index >= 15 is 0 Å². The van der Waals surface area contributed by atoms with Crippen molar-refractivity contribution in [2.75, 3.05) is 0 Å². The number of ketones is 1. The Labute approximate surface area is 137 Å². The lowest BCUT2D eigenvalue weighted by Crippen LogP contribution is -2.35. The number of fused-ring (bicyclic) bond motifs is 4. The molecule has 2 bridgehead atoms. The number of benzene rings is 2. The summed E-state index contributed by atoms with van der Waals surface area (Å²) in [6.07, 6.45) is 9.04. The van der Waals surface area contributed by atoms with E-state index in [4.69, 9.17) is 0 Å². The number of Topliss-reactive ketones (excluding diaryl/α,β-unsaturated/α-hetero) is 1. The fourth-order valence-corrected chi connectivity index (χ4v) is 5.14. The fourth-order valence-electron chi connectivity index (χ4n) is 5.14. The summed E-state index contributed by atoms with van der Waals surface area (Å²) in [6, 6.07) is 16.9. The van der Waals surface area contributed by atoms with Crippen molar-refractivity contribution in [3.63, 3.8) is 0 Å². The van der Waals surface area contributed by atoms with Gasteiger partial charge in [-0.25, -0.2) is 0 Å². The first-order chi connectivity index (χ1) is 11.2. The fraction of sp³-hybridized carbons (Fsp3) is 0.318. The Balaban J connectivity index is 1.58. The highest BCUT2D eigenvalue weighted by Gasteiger charge is 2.51. The first-order valence-electron chi connectivity index (χ1n) is 8.63. The topological polar surface area (TPSA) is 17.1 Å². The van der Waals surface area contributed by atoms with Crippen molar-refractivity contribution in [1.29, 1.82) is 0 Å². The molecule has 0 amide bonds. The molecule has 3 atom stereocenters. The molecule has 114 valence electrons. The third-order valence-corrected chi connectivity index (χ3v) is 6.20. The monoisotopic (exact) mass is 300 g/mol. The van der Waals surface area contributed by atoms with Crippen molar-refractivity contribution in [1.82, 2.24) is 0 Å². The average Bonchev–Trinajstić information content (AvgIpc) is 3.16. The zero-order valence-corrected chi connectivity index (χ0v) is 13.2. The Morgan fingerprint density at radius 2 is 1.78 bits per heavy atom. The highest BCUT2D eigenvalue weighted by atomic mass is 16.1. The molecule has 2 aromatic carbocycles. The minimum atomic E-state index is 0.207. The molecule has 3 aliphatic carbocycles. The van der Waals surface area contributed by atoms with Crippen LogP contribution in [-0.2, 0) is 6.42 Å². The van der Waals surface area contributed by atoms with Crippen LogP contribution in [0.1, 0.15) is 35.2 Å². The van der Waals surface area contributed by atoms with E-state index in [0.717, 1.165) is 18.4 Å². The maximum atomic E-state index is 12.7. The second-order valence-electron chi connectivity index (χ2n) is 7.57. The van der Waals surface area contributed by atoms with E-state index in [1.165, 1.54) is 29.5 Å². The number of allylic oxidation sites excluding steroid dienone is 2. The Kier molecular flexibility index (Phi) is 2.70. The van der Waals surface area contributed by atoms with Crippen LogP contribution in [0.15, 0.2) is 60.7 Å². The zero-order valence-electron chi connectivity index (χ0n) is 13.2. The largest absolute Gasteiger partial charge is 0.294 e. The van der Waals surface area contributed by atoms with Crippen molar-refractivity contribution in [3.05, 3.63) is 71.8 Å². The number of rotatable bonds is 1. The maximum Gasteiger partial charge on any atom is 0.163 e. The molecule has 1 heteroatoms. The molecule has 1 saturated carbocycles. The molecule has 0 N–H and O–H groups in total. The van der Waals surface area contributed by atoms with Crippen LogP contribution in [-0.4, -0.2) is 5.78 Å². The van der Waals surface area contributed by atoms with E-state index < -0.39 is 0 Å². The van der Waals surface area contributed by atoms with E-state index in [1.807, 2.05) is 6.07 Å². The summed E-state index contributed by atoms with van der Waals surface area (Å²) < 4.78 is 0. The van der Waals surface area contributed by atoms with Crippen LogP contribution >= 0.6 is 0 Å². The van der Waals surface area contributed by atoms with Gasteiger partial charge in [0.1, 0.15) is 0 Å². The molecule has 1 spiro atoms. The predicted octanol–water partition coefficient (Wildman–Crippen LogP) is 5.06. The molecule has 2 aromatic rings. The normalized spacial score (nSPS) is 30.9. The van der Waals surface area contributed by atoms with Gasteiger partial charge < -0.3 is 0 Å². The number of carbonyl (C=O) groups excluding carboxylic acids is 1. The molecule has 23 heavy (non-hydrogen) atoms. The van der Waals surface area contributed by atoms with Crippen molar-refractivity contribution in [3.8, 4) is 11.1 Å². The Morgan fingerprint density at radius 3 is 2.52 bits per heavy atom. The molecular weight excluding hydrogens is 280 g/mol. The zero-order chi connectivity index (χ0) is 15.4. The van der Waals surface area contributed by atoms with Crippen LogP contribution in [0.4, 0.5) is 0 Å². The van der Waals surface area contributed by atoms with E-state index in [0.29, 0.717) is 17.6 Å². The van der Waals surface area contributed by atoms with E-state index in [1.54, 1.807) is 0 Å². The lowest BCUT2D eigenvalue weighted by Gasteiger charge is -2.39. The van der Waals surface area contributed by atoms with Gasteiger partial charge in [-0.15, -0.1) is 0 Å². The van der Waals surface area contributed by atoms with Gasteiger partial charge in [-0.3, -0.25) is 4.79 Å². The van der Waals surface area contributed by atoms with Crippen LogP contribution in [0, 0.1) is 17.3 Å². The summed E-state index contributed by atoms with van der Waals surface area (Å²) in [5.41, 5.74) is 4.90. The molecule has 1 fully saturated rings. The van der Waals surface area contributed by atoms with Crippen LogP contribution in [0.3, 0.4) is 0 Å². The maximum absolute atomic E-state index is 12.7. The van der Waals surface area contributed by atoms with E-state index in [-0.39, 0.29) is 5.41 Å². The quantitative estimate of drug-likeness (QED) is 0.672. The van der Waals surface area contributed by atoms with Gasteiger partial charge in [-0.2, -0.15) is 0 Å². The second-order valence-corrected chi connectivity index (χ2v) is 7.57. The third-order valence-electron chi connectivity index (χ3n) is 6.20. The Bertz CT molecular complexity index is 817. The van der Waals surface area contributed by atoms with Crippen molar-refractivity contribution in [2.24, 2.45) is 17.3 Å². The lowest BCUT2D eigenvalue weighted by molar-refractivity contribution is 0.0848. The van der Waals surface area contributed by atoms with Crippen LogP contribution in [0.2, 0.25) is 0 Å². The Hall–Kier alpha value is -2.15. The van der Waals surface area contributed by atoms with Gasteiger partial charge in [0.05, 0.1) is 0 Å². The molecule has 0 saturated heterocycles. The van der Waals surface area contributed by atoms with Gasteiger partial charge in [0.2, 0.25) is 0 Å². The van der Waals surface area contributed by atoms with Crippen molar-refractivity contribution in [2.45, 2.75) is 25.7 Å². The summed E-state index contributed by atoms with van der Waals surface area (Å²) in [5.74, 6) is 1.68. The Morgan fingerprint density at radius 1 is 0.913 bits per heavy atom. The molecule has 0 radical (unpaired) electrons. The molecule has 0 heterocycles. The van der Waals surface area contributed by atoms with Gasteiger partial charge in [0.25, 0.3) is 0 Å². The van der Waals surface area contributed by atoms with Crippen LogP contribution in [0.25, 0.3) is 11.1 Å². The SMILES string of the molecule is O=C1CC2(Cc3cc(-c4ccccc4)ccc31)CC1C=CC2C1. The average molecular weight is 300 g/mol. The minimum Gasteiger partial charge on any atom is -0.294 e. The van der Waals surface area contributed by atoms with Gasteiger partial charge >= 0.3 is 0 Å². The molecule has 1 nitrogen and oxygen atoms in total. The molecule has 0 aliphatic heterocycles. The second kappa shape index (κ2) is 4.67. The standard InChI is InChI=1S/C22H20O/c23-21-14-22(12-15-6-8-19(22)10-15)13-18-11-17(7-9-20(18)21)16-4-2-1-3-5-16/h1-9,11,15,19H,10,12-14H2. The minimum absolute atomic E-state index is 0.207. The van der Waals surface area contributed by atoms with Crippen molar-refractivity contribution >= 4 is 5.78 Å². The first kappa shape index (κ1) is 13.3. The molecular formula is C22H20O. The number of carbonyl (C=O) groups is 1.